The number of guanidine groups is 1. The summed E-state index contributed by atoms with van der Waals surface area (Å²) in [6.45, 7) is 9.94. The third kappa shape index (κ3) is 6.30. The maximum atomic E-state index is 11.8. The van der Waals surface area contributed by atoms with E-state index in [0.29, 0.717) is 5.41 Å². The molecular weight excluding hydrogens is 391 g/mol. The van der Waals surface area contributed by atoms with Crippen molar-refractivity contribution in [3.8, 4) is 0 Å². The fourth-order valence-electron chi connectivity index (χ4n) is 2.80. The van der Waals surface area contributed by atoms with Gasteiger partial charge in [0.2, 0.25) is 5.91 Å². The lowest BCUT2D eigenvalue weighted by Crippen LogP contribution is -2.44. The van der Waals surface area contributed by atoms with Crippen LogP contribution < -0.4 is 16.0 Å². The van der Waals surface area contributed by atoms with E-state index in [0.717, 1.165) is 25.0 Å². The maximum absolute atomic E-state index is 11.8. The highest BCUT2D eigenvalue weighted by atomic mass is 127. The number of hydrogen-bond donors (Lipinski definition) is 3. The van der Waals surface area contributed by atoms with E-state index in [9.17, 15) is 4.79 Å². The van der Waals surface area contributed by atoms with Crippen LogP contribution in [0.4, 0.5) is 0 Å². The van der Waals surface area contributed by atoms with E-state index >= 15 is 0 Å². The summed E-state index contributed by atoms with van der Waals surface area (Å²) >= 11 is 0. The summed E-state index contributed by atoms with van der Waals surface area (Å²) < 4.78 is 0. The lowest BCUT2D eigenvalue weighted by atomic mass is 10.0. The van der Waals surface area contributed by atoms with Crippen molar-refractivity contribution in [1.82, 2.24) is 16.0 Å². The molecule has 2 aliphatic carbocycles. The number of nitrogens with zero attached hydrogens (tertiary/aromatic N) is 1. The number of amides is 1. The van der Waals surface area contributed by atoms with Crippen LogP contribution in [-0.2, 0) is 4.79 Å². The number of rotatable bonds is 6. The van der Waals surface area contributed by atoms with Gasteiger partial charge in [-0.3, -0.25) is 4.79 Å². The smallest absolute Gasteiger partial charge is 0.242 e. The average molecular weight is 422 g/mol. The molecule has 2 fully saturated rings. The maximum Gasteiger partial charge on any atom is 0.242 e. The van der Waals surface area contributed by atoms with Crippen molar-refractivity contribution >= 4 is 35.8 Å². The van der Waals surface area contributed by atoms with Gasteiger partial charge in [-0.25, -0.2) is 4.99 Å². The van der Waals surface area contributed by atoms with Crippen molar-refractivity contribution < 1.29 is 4.79 Å². The number of halogens is 1. The van der Waals surface area contributed by atoms with E-state index < -0.39 is 0 Å². The van der Waals surface area contributed by atoms with Crippen molar-refractivity contribution in [1.29, 1.82) is 0 Å². The van der Waals surface area contributed by atoms with Crippen LogP contribution in [0.3, 0.4) is 0 Å². The van der Waals surface area contributed by atoms with E-state index in [4.69, 9.17) is 0 Å². The Morgan fingerprint density at radius 2 is 1.86 bits per heavy atom. The number of nitrogens with one attached hydrogen (secondary N) is 3. The fraction of sp³-hybridized carbons (Fsp3) is 0.875. The molecule has 128 valence electrons. The molecule has 2 rings (SSSR count). The Morgan fingerprint density at radius 1 is 1.23 bits per heavy atom. The highest BCUT2D eigenvalue weighted by Crippen LogP contribution is 2.60. The van der Waals surface area contributed by atoms with Gasteiger partial charge in [0.1, 0.15) is 6.54 Å². The lowest BCUT2D eigenvalue weighted by molar-refractivity contribution is -0.121. The predicted octanol–water partition coefficient (Wildman–Crippen LogP) is 2.26. The van der Waals surface area contributed by atoms with Gasteiger partial charge in [0, 0.05) is 18.6 Å². The van der Waals surface area contributed by atoms with Crippen LogP contribution in [-0.4, -0.2) is 37.0 Å². The van der Waals surface area contributed by atoms with Crippen LogP contribution >= 0.6 is 24.0 Å². The summed E-state index contributed by atoms with van der Waals surface area (Å²) in [6.07, 6.45) is 5.47. The molecule has 22 heavy (non-hydrogen) atoms. The molecule has 0 unspecified atom stereocenters. The summed E-state index contributed by atoms with van der Waals surface area (Å²) in [6, 6.07) is 0. The van der Waals surface area contributed by atoms with Crippen molar-refractivity contribution in [3.05, 3.63) is 0 Å². The van der Waals surface area contributed by atoms with Crippen LogP contribution in [0, 0.1) is 11.3 Å². The second-order valence-electron chi connectivity index (χ2n) is 7.48. The first-order chi connectivity index (χ1) is 9.85. The Labute approximate surface area is 151 Å². The Balaban J connectivity index is 0.00000242. The first kappa shape index (κ1) is 19.5. The molecule has 2 aliphatic rings. The van der Waals surface area contributed by atoms with Gasteiger partial charge in [0.05, 0.1) is 0 Å². The molecule has 0 aromatic rings. The minimum Gasteiger partial charge on any atom is -0.357 e. The van der Waals surface area contributed by atoms with Gasteiger partial charge in [-0.2, -0.15) is 0 Å². The third-order valence-corrected chi connectivity index (χ3v) is 4.18. The number of carbonyl (C=O) groups is 1. The number of carbonyl (C=O) groups excluding carboxylic acids is 1. The number of hydrogen-bond acceptors (Lipinski definition) is 2. The third-order valence-electron chi connectivity index (χ3n) is 4.18. The Bertz CT molecular complexity index is 409. The molecular formula is C16H31IN4O. The van der Waals surface area contributed by atoms with Crippen molar-refractivity contribution in [2.45, 2.75) is 58.9 Å². The Kier molecular flexibility index (Phi) is 6.95. The first-order valence-electron chi connectivity index (χ1n) is 8.18. The molecule has 5 nitrogen and oxygen atoms in total. The topological polar surface area (TPSA) is 65.5 Å². The highest BCUT2D eigenvalue weighted by molar-refractivity contribution is 14.0. The standard InChI is InChI=1S/C16H30N4O.HI/c1-5-17-14(18-10-13(21)20-15(2,3)4)19-11-16(8-9-16)12-6-7-12;/h12H,5-11H2,1-4H3,(H,20,21)(H2,17,18,19);1H. The zero-order valence-corrected chi connectivity index (χ0v) is 16.6. The van der Waals surface area contributed by atoms with E-state index in [2.05, 4.69) is 20.9 Å². The van der Waals surface area contributed by atoms with Crippen molar-refractivity contribution in [2.24, 2.45) is 16.3 Å². The SMILES string of the molecule is CCNC(=NCC(=O)NC(C)(C)C)NCC1(C2CC2)CC1.I. The molecule has 0 atom stereocenters. The molecule has 0 aliphatic heterocycles. The van der Waals surface area contributed by atoms with Gasteiger partial charge in [-0.1, -0.05) is 0 Å². The number of aliphatic imine (C=N–C) groups is 1. The molecule has 0 radical (unpaired) electrons. The Morgan fingerprint density at radius 3 is 2.32 bits per heavy atom. The monoisotopic (exact) mass is 422 g/mol. The van der Waals surface area contributed by atoms with E-state index in [-0.39, 0.29) is 42.0 Å². The zero-order valence-electron chi connectivity index (χ0n) is 14.3. The summed E-state index contributed by atoms with van der Waals surface area (Å²) in [5.41, 5.74) is 0.326. The van der Waals surface area contributed by atoms with Gasteiger partial charge < -0.3 is 16.0 Å². The minimum absolute atomic E-state index is 0. The summed E-state index contributed by atoms with van der Waals surface area (Å²) in [7, 11) is 0. The predicted molar refractivity (Wildman–Crippen MR) is 102 cm³/mol. The normalized spacial score (nSPS) is 19.9. The van der Waals surface area contributed by atoms with Gasteiger partial charge in [0.15, 0.2) is 5.96 Å². The molecule has 1 amide bonds. The van der Waals surface area contributed by atoms with E-state index in [1.54, 1.807) is 0 Å². The molecule has 0 heterocycles. The van der Waals surface area contributed by atoms with Crippen LogP contribution in [0.5, 0.6) is 0 Å². The van der Waals surface area contributed by atoms with Crippen LogP contribution in [0.2, 0.25) is 0 Å². The summed E-state index contributed by atoms with van der Waals surface area (Å²) in [5.74, 6) is 1.65. The van der Waals surface area contributed by atoms with Crippen LogP contribution in [0.1, 0.15) is 53.4 Å². The molecule has 0 aromatic heterocycles. The van der Waals surface area contributed by atoms with Gasteiger partial charge in [-0.05, 0) is 64.7 Å². The lowest BCUT2D eigenvalue weighted by Gasteiger charge is -2.20. The zero-order chi connectivity index (χ0) is 15.5. The Hall–Kier alpha value is -0.530. The van der Waals surface area contributed by atoms with Gasteiger partial charge >= 0.3 is 0 Å². The van der Waals surface area contributed by atoms with Crippen molar-refractivity contribution in [2.75, 3.05) is 19.6 Å². The van der Waals surface area contributed by atoms with Crippen molar-refractivity contribution in [3.63, 3.8) is 0 Å². The summed E-state index contributed by atoms with van der Waals surface area (Å²) in [5, 5.41) is 9.57. The van der Waals surface area contributed by atoms with E-state index in [1.807, 2.05) is 27.7 Å². The van der Waals surface area contributed by atoms with Gasteiger partial charge in [0.25, 0.3) is 0 Å². The quantitative estimate of drug-likeness (QED) is 0.350. The van der Waals surface area contributed by atoms with E-state index in [1.165, 1.54) is 25.7 Å². The fourth-order valence-corrected chi connectivity index (χ4v) is 2.80. The van der Waals surface area contributed by atoms with Crippen LogP contribution in [0.25, 0.3) is 0 Å². The highest BCUT2D eigenvalue weighted by Gasteiger charge is 2.53. The molecule has 0 bridgehead atoms. The molecule has 0 spiro atoms. The average Bonchev–Trinajstić information content (AvgIpc) is 3.24. The molecule has 2 saturated carbocycles. The largest absolute Gasteiger partial charge is 0.357 e. The molecule has 0 saturated heterocycles. The second-order valence-corrected chi connectivity index (χ2v) is 7.48. The minimum atomic E-state index is -0.206. The van der Waals surface area contributed by atoms with Gasteiger partial charge in [-0.15, -0.1) is 24.0 Å². The second kappa shape index (κ2) is 7.84. The summed E-state index contributed by atoms with van der Waals surface area (Å²) in [4.78, 5) is 16.2. The molecule has 0 aromatic carbocycles. The first-order valence-corrected chi connectivity index (χ1v) is 8.18. The molecule has 6 heteroatoms. The van der Waals surface area contributed by atoms with Crippen LogP contribution in [0.15, 0.2) is 4.99 Å². The molecule has 3 N–H and O–H groups in total.